The van der Waals surface area contributed by atoms with E-state index in [1.165, 1.54) is 0 Å². The van der Waals surface area contributed by atoms with Gasteiger partial charge in [-0.25, -0.2) is 0 Å². The summed E-state index contributed by atoms with van der Waals surface area (Å²) >= 11 is 0. The number of hydrogen-bond acceptors (Lipinski definition) is 4. The molecule has 1 aliphatic heterocycles. The summed E-state index contributed by atoms with van der Waals surface area (Å²) in [6, 6.07) is 0.907. The van der Waals surface area contributed by atoms with Gasteiger partial charge in [0, 0.05) is 25.2 Å². The average molecular weight is 283 g/mol. The molecule has 1 saturated carbocycles. The zero-order chi connectivity index (χ0) is 14.4. The third-order valence-electron chi connectivity index (χ3n) is 4.47. The fraction of sp³-hybridized carbons (Fsp3) is 0.933. The molecule has 0 unspecified atom stereocenters. The number of ether oxygens (including phenoxy) is 1. The molecule has 1 heterocycles. The lowest BCUT2D eigenvalue weighted by Crippen LogP contribution is -2.49. The smallest absolute Gasteiger partial charge is 0.236 e. The van der Waals surface area contributed by atoms with Crippen molar-refractivity contribution in [3.05, 3.63) is 0 Å². The lowest BCUT2D eigenvalue weighted by Gasteiger charge is -2.37. The van der Waals surface area contributed by atoms with E-state index >= 15 is 0 Å². The van der Waals surface area contributed by atoms with Crippen LogP contribution in [0.5, 0.6) is 0 Å². The fourth-order valence-electron chi connectivity index (χ4n) is 3.23. The van der Waals surface area contributed by atoms with Gasteiger partial charge in [0.25, 0.3) is 0 Å². The number of carbonyl (C=O) groups excluding carboxylic acids is 1. The van der Waals surface area contributed by atoms with Crippen molar-refractivity contribution in [1.82, 2.24) is 9.80 Å². The average Bonchev–Trinajstić information content (AvgIpc) is 2.48. The minimum atomic E-state index is 0.261. The van der Waals surface area contributed by atoms with Crippen LogP contribution in [0.1, 0.15) is 39.0 Å². The van der Waals surface area contributed by atoms with Crippen LogP contribution in [0, 0.1) is 0 Å². The maximum Gasteiger partial charge on any atom is 0.236 e. The Morgan fingerprint density at radius 3 is 2.50 bits per heavy atom. The molecule has 0 spiro atoms. The predicted octanol–water partition coefficient (Wildman–Crippen LogP) is 0.827. The molecule has 0 bridgehead atoms. The van der Waals surface area contributed by atoms with Crippen LogP contribution in [0.15, 0.2) is 0 Å². The summed E-state index contributed by atoms with van der Waals surface area (Å²) in [5.41, 5.74) is 5.98. The molecule has 1 aliphatic carbocycles. The van der Waals surface area contributed by atoms with Crippen molar-refractivity contribution in [2.45, 2.75) is 51.1 Å². The zero-order valence-corrected chi connectivity index (χ0v) is 12.7. The van der Waals surface area contributed by atoms with Crippen molar-refractivity contribution >= 4 is 5.91 Å². The molecule has 2 rings (SSSR count). The van der Waals surface area contributed by atoms with Crippen LogP contribution in [0.25, 0.3) is 0 Å². The molecule has 2 aliphatic rings. The van der Waals surface area contributed by atoms with E-state index in [4.69, 9.17) is 10.5 Å². The summed E-state index contributed by atoms with van der Waals surface area (Å²) in [6.45, 7) is 6.60. The summed E-state index contributed by atoms with van der Waals surface area (Å²) in [4.78, 5) is 16.7. The second-order valence-electron chi connectivity index (χ2n) is 6.03. The molecule has 0 aromatic heterocycles. The highest BCUT2D eigenvalue weighted by molar-refractivity contribution is 5.78. The van der Waals surface area contributed by atoms with E-state index in [0.717, 1.165) is 51.7 Å². The van der Waals surface area contributed by atoms with E-state index in [0.29, 0.717) is 31.8 Å². The largest absolute Gasteiger partial charge is 0.378 e. The third-order valence-corrected chi connectivity index (χ3v) is 4.47. The molecule has 1 amide bonds. The highest BCUT2D eigenvalue weighted by atomic mass is 16.5. The van der Waals surface area contributed by atoms with Crippen molar-refractivity contribution in [2.24, 2.45) is 5.73 Å². The Labute approximate surface area is 122 Å². The van der Waals surface area contributed by atoms with Crippen molar-refractivity contribution in [1.29, 1.82) is 0 Å². The lowest BCUT2D eigenvalue weighted by atomic mass is 9.90. The van der Waals surface area contributed by atoms with Crippen molar-refractivity contribution in [3.63, 3.8) is 0 Å². The zero-order valence-electron chi connectivity index (χ0n) is 12.7. The summed E-state index contributed by atoms with van der Waals surface area (Å²) < 4.78 is 5.31. The van der Waals surface area contributed by atoms with E-state index in [1.807, 2.05) is 4.90 Å². The van der Waals surface area contributed by atoms with Gasteiger partial charge in [-0.3, -0.25) is 9.69 Å². The predicted molar refractivity (Wildman–Crippen MR) is 79.5 cm³/mol. The number of carbonyl (C=O) groups is 1. The Bertz CT molecular complexity index is 297. The molecule has 0 atom stereocenters. The third kappa shape index (κ3) is 4.43. The highest BCUT2D eigenvalue weighted by Gasteiger charge is 2.27. The van der Waals surface area contributed by atoms with Gasteiger partial charge in [0.1, 0.15) is 0 Å². The van der Waals surface area contributed by atoms with Gasteiger partial charge in [0.05, 0.1) is 19.8 Å². The molecular weight excluding hydrogens is 254 g/mol. The first-order valence-corrected chi connectivity index (χ1v) is 8.06. The first-order chi connectivity index (χ1) is 9.70. The van der Waals surface area contributed by atoms with Crippen molar-refractivity contribution in [3.8, 4) is 0 Å². The van der Waals surface area contributed by atoms with Crippen LogP contribution in [0.3, 0.4) is 0 Å². The van der Waals surface area contributed by atoms with Gasteiger partial charge in [0.15, 0.2) is 0 Å². The molecule has 2 fully saturated rings. The normalized spacial score (nSPS) is 27.9. The number of rotatable bonds is 5. The summed E-state index contributed by atoms with van der Waals surface area (Å²) in [6.07, 6.45) is 5.56. The van der Waals surface area contributed by atoms with Gasteiger partial charge in [-0.1, -0.05) is 6.92 Å². The standard InChI is InChI=1S/C15H29N3O2/c1-2-7-18(14-5-3-13(16)4-6-14)12-15(19)17-8-10-20-11-9-17/h13-14H,2-12,16H2,1H3. The van der Waals surface area contributed by atoms with E-state index in [2.05, 4.69) is 11.8 Å². The minimum absolute atomic E-state index is 0.261. The number of hydrogen-bond donors (Lipinski definition) is 1. The van der Waals surface area contributed by atoms with Gasteiger partial charge in [-0.05, 0) is 38.6 Å². The molecule has 1 saturated heterocycles. The van der Waals surface area contributed by atoms with Crippen LogP contribution in [0.2, 0.25) is 0 Å². The van der Waals surface area contributed by atoms with E-state index in [9.17, 15) is 4.79 Å². The fourth-order valence-corrected chi connectivity index (χ4v) is 3.23. The molecular formula is C15H29N3O2. The Hall–Kier alpha value is -0.650. The molecule has 5 heteroatoms. The van der Waals surface area contributed by atoms with Crippen LogP contribution in [-0.4, -0.2) is 67.2 Å². The first kappa shape index (κ1) is 15.7. The van der Waals surface area contributed by atoms with Gasteiger partial charge in [0.2, 0.25) is 5.91 Å². The molecule has 5 nitrogen and oxygen atoms in total. The van der Waals surface area contributed by atoms with Crippen molar-refractivity contribution in [2.75, 3.05) is 39.4 Å². The molecule has 20 heavy (non-hydrogen) atoms. The topological polar surface area (TPSA) is 58.8 Å². The molecule has 116 valence electrons. The maximum atomic E-state index is 12.4. The molecule has 0 radical (unpaired) electrons. The van der Waals surface area contributed by atoms with Crippen LogP contribution in [-0.2, 0) is 9.53 Å². The summed E-state index contributed by atoms with van der Waals surface area (Å²) in [7, 11) is 0. The van der Waals surface area contributed by atoms with Gasteiger partial charge >= 0.3 is 0 Å². The maximum absolute atomic E-state index is 12.4. The summed E-state index contributed by atoms with van der Waals surface area (Å²) in [5, 5.41) is 0. The van der Waals surface area contributed by atoms with Gasteiger partial charge < -0.3 is 15.4 Å². The first-order valence-electron chi connectivity index (χ1n) is 8.06. The molecule has 0 aromatic carbocycles. The number of nitrogens with two attached hydrogens (primary N) is 1. The Kier molecular flexibility index (Phi) is 6.26. The number of morpholine rings is 1. The second-order valence-corrected chi connectivity index (χ2v) is 6.03. The lowest BCUT2D eigenvalue weighted by molar-refractivity contribution is -0.137. The van der Waals surface area contributed by atoms with Gasteiger partial charge in [-0.2, -0.15) is 0 Å². The Balaban J connectivity index is 1.85. The quantitative estimate of drug-likeness (QED) is 0.812. The molecule has 2 N–H and O–H groups in total. The minimum Gasteiger partial charge on any atom is -0.378 e. The van der Waals surface area contributed by atoms with Crippen LogP contribution >= 0.6 is 0 Å². The summed E-state index contributed by atoms with van der Waals surface area (Å²) in [5.74, 6) is 0.261. The van der Waals surface area contributed by atoms with Crippen molar-refractivity contribution < 1.29 is 9.53 Å². The monoisotopic (exact) mass is 283 g/mol. The van der Waals surface area contributed by atoms with Gasteiger partial charge in [-0.15, -0.1) is 0 Å². The Morgan fingerprint density at radius 2 is 1.90 bits per heavy atom. The second kappa shape index (κ2) is 7.96. The van der Waals surface area contributed by atoms with E-state index in [-0.39, 0.29) is 5.91 Å². The highest BCUT2D eigenvalue weighted by Crippen LogP contribution is 2.22. The Morgan fingerprint density at radius 1 is 1.25 bits per heavy atom. The van der Waals surface area contributed by atoms with E-state index < -0.39 is 0 Å². The van der Waals surface area contributed by atoms with Crippen LogP contribution < -0.4 is 5.73 Å². The molecule has 0 aromatic rings. The SMILES string of the molecule is CCCN(CC(=O)N1CCOCC1)C1CCC(N)CC1. The van der Waals surface area contributed by atoms with Crippen LogP contribution in [0.4, 0.5) is 0 Å². The number of nitrogens with zero attached hydrogens (tertiary/aromatic N) is 2. The van der Waals surface area contributed by atoms with E-state index in [1.54, 1.807) is 0 Å². The number of amides is 1.